The standard InChI is InChI=1S/C26H18F4/c1-15-9-17(3)20(18(4)10-15)7-8-22-25(29)13-19(14-26(22)30)5-6-21-23(27)11-16(2)12-24(21)28/h9-14H,1-4H3. The van der Waals surface area contributed by atoms with Gasteiger partial charge >= 0.3 is 0 Å². The second-order valence-corrected chi connectivity index (χ2v) is 7.19. The first-order valence-corrected chi connectivity index (χ1v) is 9.22. The van der Waals surface area contributed by atoms with Gasteiger partial charge in [0.05, 0.1) is 11.1 Å². The Labute approximate surface area is 173 Å². The molecule has 0 aliphatic heterocycles. The summed E-state index contributed by atoms with van der Waals surface area (Å²) in [6.07, 6.45) is 0. The molecule has 0 N–H and O–H groups in total. The van der Waals surface area contributed by atoms with E-state index in [0.29, 0.717) is 11.1 Å². The van der Waals surface area contributed by atoms with Crippen molar-refractivity contribution in [3.05, 3.63) is 104 Å². The summed E-state index contributed by atoms with van der Waals surface area (Å²) in [5, 5.41) is 0. The van der Waals surface area contributed by atoms with Crippen LogP contribution in [0.15, 0.2) is 36.4 Å². The van der Waals surface area contributed by atoms with Crippen LogP contribution >= 0.6 is 0 Å². The Kier molecular flexibility index (Phi) is 5.99. The van der Waals surface area contributed by atoms with E-state index in [0.717, 1.165) is 41.0 Å². The number of rotatable bonds is 0. The summed E-state index contributed by atoms with van der Waals surface area (Å²) in [4.78, 5) is 0. The van der Waals surface area contributed by atoms with Gasteiger partial charge in [0.15, 0.2) is 0 Å². The second kappa shape index (κ2) is 8.47. The van der Waals surface area contributed by atoms with Gasteiger partial charge in [-0.25, -0.2) is 17.6 Å². The molecule has 0 fully saturated rings. The molecule has 4 heteroatoms. The predicted molar refractivity (Wildman–Crippen MR) is 110 cm³/mol. The second-order valence-electron chi connectivity index (χ2n) is 7.19. The quantitative estimate of drug-likeness (QED) is 0.305. The molecular formula is C26H18F4. The highest BCUT2D eigenvalue weighted by Crippen LogP contribution is 2.18. The molecule has 0 bridgehead atoms. The fourth-order valence-electron chi connectivity index (χ4n) is 3.22. The maximum absolute atomic E-state index is 14.5. The molecule has 0 saturated heterocycles. The zero-order valence-corrected chi connectivity index (χ0v) is 17.0. The van der Waals surface area contributed by atoms with E-state index in [1.165, 1.54) is 0 Å². The fraction of sp³-hybridized carbons (Fsp3) is 0.154. The molecule has 0 saturated carbocycles. The first-order chi connectivity index (χ1) is 14.2. The third-order valence-electron chi connectivity index (χ3n) is 4.55. The van der Waals surface area contributed by atoms with Crippen molar-refractivity contribution >= 4 is 0 Å². The predicted octanol–water partition coefficient (Wildman–Crippen LogP) is 6.28. The molecule has 0 spiro atoms. The lowest BCUT2D eigenvalue weighted by Gasteiger charge is -2.05. The molecule has 30 heavy (non-hydrogen) atoms. The zero-order chi connectivity index (χ0) is 22.0. The zero-order valence-electron chi connectivity index (χ0n) is 17.0. The van der Waals surface area contributed by atoms with E-state index in [9.17, 15) is 17.6 Å². The lowest BCUT2D eigenvalue weighted by atomic mass is 10.00. The summed E-state index contributed by atoms with van der Waals surface area (Å²) in [7, 11) is 0. The molecule has 0 heterocycles. The highest BCUT2D eigenvalue weighted by atomic mass is 19.1. The minimum Gasteiger partial charge on any atom is -0.206 e. The fourth-order valence-corrected chi connectivity index (χ4v) is 3.22. The lowest BCUT2D eigenvalue weighted by Crippen LogP contribution is -1.95. The van der Waals surface area contributed by atoms with Crippen LogP contribution in [0.4, 0.5) is 17.6 Å². The summed E-state index contributed by atoms with van der Waals surface area (Å²) < 4.78 is 56.7. The average molecular weight is 406 g/mol. The highest BCUT2D eigenvalue weighted by molar-refractivity contribution is 5.53. The molecule has 150 valence electrons. The average Bonchev–Trinajstić information content (AvgIpc) is 2.61. The van der Waals surface area contributed by atoms with Gasteiger partial charge in [0, 0.05) is 11.1 Å². The van der Waals surface area contributed by atoms with Crippen LogP contribution in [0.2, 0.25) is 0 Å². The molecule has 0 atom stereocenters. The van der Waals surface area contributed by atoms with E-state index in [1.807, 2.05) is 32.9 Å². The molecular weight excluding hydrogens is 388 g/mol. The Morgan fingerprint density at radius 2 is 0.833 bits per heavy atom. The van der Waals surface area contributed by atoms with E-state index in [1.54, 1.807) is 6.92 Å². The van der Waals surface area contributed by atoms with Crippen molar-refractivity contribution in [2.45, 2.75) is 27.7 Å². The summed E-state index contributed by atoms with van der Waals surface area (Å²) in [5.74, 6) is 6.68. The van der Waals surface area contributed by atoms with E-state index >= 15 is 0 Å². The molecule has 0 radical (unpaired) electrons. The summed E-state index contributed by atoms with van der Waals surface area (Å²) in [6.45, 7) is 7.29. The Hall–Kier alpha value is -3.50. The van der Waals surface area contributed by atoms with Crippen molar-refractivity contribution in [2.75, 3.05) is 0 Å². The SMILES string of the molecule is Cc1cc(C)c(C#Cc2c(F)cc(C#Cc3c(F)cc(C)cc3F)cc2F)c(C)c1. The van der Waals surface area contributed by atoms with E-state index in [2.05, 4.69) is 23.7 Å². The number of aryl methyl sites for hydroxylation is 4. The smallest absolute Gasteiger partial charge is 0.143 e. The third-order valence-corrected chi connectivity index (χ3v) is 4.55. The van der Waals surface area contributed by atoms with Crippen molar-refractivity contribution in [2.24, 2.45) is 0 Å². The van der Waals surface area contributed by atoms with Crippen LogP contribution in [0.3, 0.4) is 0 Å². The highest BCUT2D eigenvalue weighted by Gasteiger charge is 2.10. The van der Waals surface area contributed by atoms with Crippen LogP contribution in [0.25, 0.3) is 0 Å². The van der Waals surface area contributed by atoms with Crippen molar-refractivity contribution < 1.29 is 17.6 Å². The molecule has 0 aromatic heterocycles. The number of halogens is 4. The minimum atomic E-state index is -0.890. The first-order valence-electron chi connectivity index (χ1n) is 9.22. The van der Waals surface area contributed by atoms with Crippen molar-refractivity contribution in [3.8, 4) is 23.7 Å². The van der Waals surface area contributed by atoms with Crippen LogP contribution in [-0.2, 0) is 0 Å². The molecule has 0 aliphatic rings. The van der Waals surface area contributed by atoms with Crippen LogP contribution in [0.5, 0.6) is 0 Å². The molecule has 0 unspecified atom stereocenters. The van der Waals surface area contributed by atoms with E-state index < -0.39 is 28.8 Å². The van der Waals surface area contributed by atoms with Crippen molar-refractivity contribution in [1.82, 2.24) is 0 Å². The molecule has 3 rings (SSSR count). The van der Waals surface area contributed by atoms with Gasteiger partial charge in [-0.3, -0.25) is 0 Å². The molecule has 0 aliphatic carbocycles. The molecule has 3 aromatic rings. The van der Waals surface area contributed by atoms with Crippen molar-refractivity contribution in [1.29, 1.82) is 0 Å². The summed E-state index contributed by atoms with van der Waals surface area (Å²) in [5.41, 5.74) is 3.18. The van der Waals surface area contributed by atoms with Gasteiger partial charge in [0.2, 0.25) is 0 Å². The largest absolute Gasteiger partial charge is 0.206 e. The Morgan fingerprint density at radius 1 is 0.467 bits per heavy atom. The van der Waals surface area contributed by atoms with Crippen LogP contribution in [0.1, 0.15) is 44.5 Å². The number of hydrogen-bond acceptors (Lipinski definition) is 0. The Balaban J connectivity index is 1.98. The third kappa shape index (κ3) is 4.56. The summed E-state index contributed by atoms with van der Waals surface area (Å²) in [6, 6.07) is 8.18. The lowest BCUT2D eigenvalue weighted by molar-refractivity contribution is 0.575. The van der Waals surface area contributed by atoms with E-state index in [4.69, 9.17) is 0 Å². The maximum Gasteiger partial charge on any atom is 0.143 e. The van der Waals surface area contributed by atoms with Crippen LogP contribution < -0.4 is 0 Å². The van der Waals surface area contributed by atoms with Gasteiger partial charge in [-0.2, -0.15) is 0 Å². The van der Waals surface area contributed by atoms with Crippen LogP contribution in [-0.4, -0.2) is 0 Å². The molecule has 0 amide bonds. The number of hydrogen-bond donors (Lipinski definition) is 0. The van der Waals surface area contributed by atoms with Gasteiger partial charge in [-0.1, -0.05) is 41.4 Å². The van der Waals surface area contributed by atoms with Gasteiger partial charge < -0.3 is 0 Å². The molecule has 0 nitrogen and oxygen atoms in total. The van der Waals surface area contributed by atoms with E-state index in [-0.39, 0.29) is 11.1 Å². The Morgan fingerprint density at radius 3 is 1.33 bits per heavy atom. The monoisotopic (exact) mass is 406 g/mol. The van der Waals surface area contributed by atoms with Gasteiger partial charge in [0.1, 0.15) is 23.3 Å². The van der Waals surface area contributed by atoms with Gasteiger partial charge in [0.25, 0.3) is 0 Å². The molecule has 3 aromatic carbocycles. The normalized spacial score (nSPS) is 10.1. The maximum atomic E-state index is 14.5. The summed E-state index contributed by atoms with van der Waals surface area (Å²) >= 11 is 0. The van der Waals surface area contributed by atoms with Gasteiger partial charge in [-0.15, -0.1) is 0 Å². The topological polar surface area (TPSA) is 0 Å². The number of benzene rings is 3. The first kappa shape index (κ1) is 21.2. The van der Waals surface area contributed by atoms with Crippen LogP contribution in [0, 0.1) is 74.6 Å². The van der Waals surface area contributed by atoms with Crippen molar-refractivity contribution in [3.63, 3.8) is 0 Å². The van der Waals surface area contributed by atoms with Gasteiger partial charge in [-0.05, 0) is 68.7 Å². The Bertz CT molecular complexity index is 1210. The minimum absolute atomic E-state index is 0.0439.